The second kappa shape index (κ2) is 10.0. The Bertz CT molecular complexity index is 1290. The van der Waals surface area contributed by atoms with E-state index >= 15 is 8.78 Å². The molecule has 2 aliphatic carbocycles. The number of piperidine rings is 1. The lowest BCUT2D eigenvalue weighted by Gasteiger charge is -2.31. The molecule has 11 heteroatoms. The van der Waals surface area contributed by atoms with E-state index < -0.39 is 17.5 Å². The summed E-state index contributed by atoms with van der Waals surface area (Å²) in [5.74, 6) is -1.41. The molecule has 3 heterocycles. The number of amides is 2. The minimum absolute atomic E-state index is 0.0652. The lowest BCUT2D eigenvalue weighted by Crippen LogP contribution is -2.43. The van der Waals surface area contributed by atoms with Crippen molar-refractivity contribution in [1.82, 2.24) is 20.2 Å². The Morgan fingerprint density at radius 1 is 1.05 bits per heavy atom. The average Bonchev–Trinajstić information content (AvgIpc) is 3.53. The van der Waals surface area contributed by atoms with Crippen LogP contribution in [0, 0.1) is 17.0 Å². The molecule has 0 radical (unpaired) electrons. The van der Waals surface area contributed by atoms with Crippen LogP contribution in [-0.2, 0) is 4.79 Å². The minimum Gasteiger partial charge on any atom is -0.351 e. The van der Waals surface area contributed by atoms with E-state index in [2.05, 4.69) is 25.4 Å². The molecule has 1 aromatic carbocycles. The molecular formula is C28H35F2N7O2. The molecular weight excluding hydrogens is 504 g/mol. The number of benzene rings is 1. The van der Waals surface area contributed by atoms with Gasteiger partial charge in [-0.25, -0.2) is 13.8 Å². The van der Waals surface area contributed by atoms with Crippen molar-refractivity contribution in [2.75, 3.05) is 48.8 Å². The summed E-state index contributed by atoms with van der Waals surface area (Å²) < 4.78 is 30.1. The molecule has 2 N–H and O–H groups in total. The van der Waals surface area contributed by atoms with E-state index in [9.17, 15) is 9.59 Å². The molecule has 2 aliphatic heterocycles. The Morgan fingerprint density at radius 2 is 1.77 bits per heavy atom. The summed E-state index contributed by atoms with van der Waals surface area (Å²) in [6, 6.07) is 2.10. The fraction of sp³-hybridized carbons (Fsp3) is 0.571. The molecule has 2 aromatic rings. The van der Waals surface area contributed by atoms with E-state index in [1.807, 2.05) is 7.05 Å². The zero-order valence-electron chi connectivity index (χ0n) is 22.5. The van der Waals surface area contributed by atoms with Gasteiger partial charge in [0.1, 0.15) is 17.3 Å². The predicted octanol–water partition coefficient (Wildman–Crippen LogP) is 3.83. The van der Waals surface area contributed by atoms with Crippen LogP contribution in [-0.4, -0.2) is 72.5 Å². The molecule has 4 aliphatic rings. The van der Waals surface area contributed by atoms with Gasteiger partial charge in [0.25, 0.3) is 5.91 Å². The van der Waals surface area contributed by atoms with Gasteiger partial charge in [0.2, 0.25) is 11.9 Å². The van der Waals surface area contributed by atoms with Crippen molar-refractivity contribution in [1.29, 1.82) is 0 Å². The Labute approximate surface area is 227 Å². The van der Waals surface area contributed by atoms with E-state index in [-0.39, 0.29) is 40.6 Å². The molecule has 1 saturated heterocycles. The van der Waals surface area contributed by atoms with Crippen LogP contribution < -0.4 is 20.4 Å². The van der Waals surface area contributed by atoms with Crippen molar-refractivity contribution in [3.8, 4) is 0 Å². The van der Waals surface area contributed by atoms with Gasteiger partial charge in [-0.05, 0) is 64.7 Å². The molecule has 0 atom stereocenters. The molecule has 2 saturated carbocycles. The van der Waals surface area contributed by atoms with E-state index in [0.717, 1.165) is 76.6 Å². The summed E-state index contributed by atoms with van der Waals surface area (Å²) >= 11 is 0. The largest absolute Gasteiger partial charge is 0.351 e. The normalized spacial score (nSPS) is 21.7. The molecule has 3 fully saturated rings. The number of halogens is 2. The predicted molar refractivity (Wildman–Crippen MR) is 144 cm³/mol. The average molecular weight is 540 g/mol. The quantitative estimate of drug-likeness (QED) is 0.597. The molecule has 208 valence electrons. The maximum absolute atomic E-state index is 15.1. The molecule has 1 aromatic heterocycles. The first-order chi connectivity index (χ1) is 18.7. The van der Waals surface area contributed by atoms with Crippen LogP contribution in [0.2, 0.25) is 0 Å². The number of nitrogens with one attached hydrogen (secondary N) is 2. The first-order valence-electron chi connectivity index (χ1n) is 13.9. The first-order valence-corrected chi connectivity index (χ1v) is 13.9. The van der Waals surface area contributed by atoms with Crippen LogP contribution in [0.25, 0.3) is 0 Å². The highest BCUT2D eigenvalue weighted by Gasteiger charge is 2.55. The van der Waals surface area contributed by atoms with Gasteiger partial charge < -0.3 is 25.3 Å². The van der Waals surface area contributed by atoms with Crippen LogP contribution in [0.1, 0.15) is 61.7 Å². The first kappa shape index (κ1) is 25.9. The second-order valence-corrected chi connectivity index (χ2v) is 11.6. The highest BCUT2D eigenvalue weighted by atomic mass is 19.1. The number of hydrogen-bond donors (Lipinski definition) is 2. The lowest BCUT2D eigenvalue weighted by molar-refractivity contribution is -0.122. The van der Waals surface area contributed by atoms with Crippen LogP contribution in [0.4, 0.5) is 31.9 Å². The third kappa shape index (κ3) is 4.92. The Hall–Kier alpha value is -3.34. The van der Waals surface area contributed by atoms with Gasteiger partial charge in [0, 0.05) is 31.7 Å². The van der Waals surface area contributed by atoms with Gasteiger partial charge in [-0.15, -0.1) is 0 Å². The Morgan fingerprint density at radius 3 is 2.46 bits per heavy atom. The summed E-state index contributed by atoms with van der Waals surface area (Å²) in [6.07, 6.45) is 9.13. The monoisotopic (exact) mass is 539 g/mol. The van der Waals surface area contributed by atoms with Crippen LogP contribution in [0.3, 0.4) is 0 Å². The second-order valence-electron chi connectivity index (χ2n) is 11.6. The fourth-order valence-corrected chi connectivity index (χ4v) is 6.20. The molecule has 39 heavy (non-hydrogen) atoms. The third-order valence-corrected chi connectivity index (χ3v) is 8.84. The number of carbonyl (C=O) groups excluding carboxylic acids is 2. The molecule has 9 nitrogen and oxygen atoms in total. The minimum atomic E-state index is -0.826. The van der Waals surface area contributed by atoms with E-state index in [1.54, 1.807) is 18.1 Å². The number of likely N-dealkylation sites (tertiary alicyclic amines) is 1. The maximum atomic E-state index is 15.1. The molecule has 0 unspecified atom stereocenters. The highest BCUT2D eigenvalue weighted by molar-refractivity contribution is 6.02. The summed E-state index contributed by atoms with van der Waals surface area (Å²) in [6.45, 7) is 2.29. The van der Waals surface area contributed by atoms with E-state index in [1.165, 1.54) is 0 Å². The van der Waals surface area contributed by atoms with Gasteiger partial charge in [-0.3, -0.25) is 9.59 Å². The van der Waals surface area contributed by atoms with Gasteiger partial charge >= 0.3 is 0 Å². The van der Waals surface area contributed by atoms with Gasteiger partial charge in [0.05, 0.1) is 22.9 Å². The lowest BCUT2D eigenvalue weighted by atomic mass is 10.0. The summed E-state index contributed by atoms with van der Waals surface area (Å²) in [4.78, 5) is 41.0. The Balaban J connectivity index is 1.25. The van der Waals surface area contributed by atoms with Crippen LogP contribution >= 0.6 is 0 Å². The number of nitrogens with zero attached hydrogens (tertiary/aromatic N) is 5. The van der Waals surface area contributed by atoms with Crippen LogP contribution in [0.15, 0.2) is 18.3 Å². The van der Waals surface area contributed by atoms with Gasteiger partial charge in [-0.2, -0.15) is 4.98 Å². The molecule has 1 spiro atoms. The van der Waals surface area contributed by atoms with Crippen molar-refractivity contribution < 1.29 is 18.4 Å². The number of hydrogen-bond acceptors (Lipinski definition) is 7. The zero-order valence-corrected chi connectivity index (χ0v) is 22.5. The molecule has 0 bridgehead atoms. The van der Waals surface area contributed by atoms with Crippen LogP contribution in [0.5, 0.6) is 0 Å². The van der Waals surface area contributed by atoms with Crippen molar-refractivity contribution >= 4 is 35.0 Å². The topological polar surface area (TPSA) is 93.7 Å². The number of aromatic nitrogens is 2. The van der Waals surface area contributed by atoms with Gasteiger partial charge in [0.15, 0.2) is 5.82 Å². The number of carbonyl (C=O) groups is 2. The van der Waals surface area contributed by atoms with Crippen molar-refractivity contribution in [2.24, 2.45) is 5.41 Å². The number of fused-ring (bicyclic) bond motifs is 1. The van der Waals surface area contributed by atoms with Crippen molar-refractivity contribution in [3.63, 3.8) is 0 Å². The van der Waals surface area contributed by atoms with E-state index in [4.69, 9.17) is 4.98 Å². The standard InChI is InChI=1S/C28H35F2N7O2/c1-35-11-7-17(8-12-35)32-25(38)19-13-21(30)22(14-20(19)29)33-27-31-15-23-24(34-27)37(18-5-3-4-6-18)16-28(9-10-28)26(39)36(23)2/h13-15,17-18H,3-12,16H2,1-2H3,(H,32,38)(H,31,33,34). The zero-order chi connectivity index (χ0) is 27.3. The number of rotatable bonds is 5. The van der Waals surface area contributed by atoms with Crippen molar-refractivity contribution in [2.45, 2.75) is 63.5 Å². The fourth-order valence-electron chi connectivity index (χ4n) is 6.20. The Kier molecular flexibility index (Phi) is 6.65. The molecule has 6 rings (SSSR count). The number of anilines is 4. The van der Waals surface area contributed by atoms with Gasteiger partial charge in [-0.1, -0.05) is 12.8 Å². The van der Waals surface area contributed by atoms with Crippen molar-refractivity contribution in [3.05, 3.63) is 35.5 Å². The summed E-state index contributed by atoms with van der Waals surface area (Å²) in [5, 5.41) is 5.63. The highest BCUT2D eigenvalue weighted by Crippen LogP contribution is 2.52. The SMILES string of the molecule is CN1CCC(NC(=O)c2cc(F)c(Nc3ncc4c(n3)N(C3CCCC3)CC3(CC3)C(=O)N4C)cc2F)CC1. The maximum Gasteiger partial charge on any atom is 0.254 e. The molecule has 2 amide bonds. The smallest absolute Gasteiger partial charge is 0.254 e. The summed E-state index contributed by atoms with van der Waals surface area (Å²) in [5.41, 5.74) is -0.256. The third-order valence-electron chi connectivity index (χ3n) is 8.84. The summed E-state index contributed by atoms with van der Waals surface area (Å²) in [7, 11) is 3.76. The van der Waals surface area contributed by atoms with E-state index in [0.29, 0.717) is 18.1 Å².